The Morgan fingerprint density at radius 2 is 0.800 bits per heavy atom. The van der Waals surface area contributed by atoms with Crippen molar-refractivity contribution in [3.05, 3.63) is 0 Å². The molecule has 0 aliphatic rings. The van der Waals surface area contributed by atoms with E-state index in [0.29, 0.717) is 0 Å². The molecule has 16 nitrogen and oxygen atoms in total. The van der Waals surface area contributed by atoms with Crippen LogP contribution in [0.5, 0.6) is 0 Å². The van der Waals surface area contributed by atoms with Gasteiger partial charge in [-0.25, -0.2) is 14.4 Å². The molecule has 16 heteroatoms. The van der Waals surface area contributed by atoms with E-state index in [4.69, 9.17) is 40.5 Å². The molecule has 0 heterocycles. The van der Waals surface area contributed by atoms with Crippen molar-refractivity contribution in [2.45, 2.75) is 100 Å². The van der Waals surface area contributed by atoms with E-state index >= 15 is 0 Å². The maximum absolute atomic E-state index is 10.7. The zero-order valence-electron chi connectivity index (χ0n) is 25.0. The van der Waals surface area contributed by atoms with Crippen LogP contribution in [0.4, 0.5) is 0 Å². The van der Waals surface area contributed by atoms with Gasteiger partial charge in [0.1, 0.15) is 0 Å². The topological polar surface area (TPSA) is 280 Å². The maximum Gasteiger partial charge on any atom is 0.336 e. The van der Waals surface area contributed by atoms with Gasteiger partial charge in [0, 0.05) is 26.9 Å². The fourth-order valence-electron chi connectivity index (χ4n) is 0.891. The predicted molar refractivity (Wildman–Crippen MR) is 142 cm³/mol. The molecule has 240 valence electrons. The van der Waals surface area contributed by atoms with Crippen molar-refractivity contribution >= 4 is 41.8 Å². The average Bonchev–Trinajstić information content (AvgIpc) is 2.86. The van der Waals surface area contributed by atoms with Gasteiger partial charge in [-0.2, -0.15) is 0 Å². The van der Waals surface area contributed by atoms with Crippen LogP contribution in [-0.2, 0) is 43.0 Å². The second-order valence-electron chi connectivity index (χ2n) is 6.38. The SMILES string of the molecule is CC.CC.CC(=O)O.CC(C)C(=O)O.CCC(=O)O.CCC(=O)O.COC(C(=O)O)C(OC(C)C(=O)O)C(=O)O. The van der Waals surface area contributed by atoms with Gasteiger partial charge in [-0.15, -0.1) is 0 Å². The third-order valence-electron chi connectivity index (χ3n) is 2.81. The molecule has 7 N–H and O–H groups in total. The zero-order chi connectivity index (χ0) is 34.2. The van der Waals surface area contributed by atoms with Gasteiger partial charge in [0.05, 0.1) is 5.92 Å². The van der Waals surface area contributed by atoms with E-state index in [-0.39, 0.29) is 18.8 Å². The largest absolute Gasteiger partial charge is 0.481 e. The van der Waals surface area contributed by atoms with Crippen LogP contribution in [-0.4, -0.2) is 103 Å². The normalized spacial score (nSPS) is 10.6. The van der Waals surface area contributed by atoms with Crippen molar-refractivity contribution in [2.75, 3.05) is 7.11 Å². The van der Waals surface area contributed by atoms with Crippen LogP contribution in [0.15, 0.2) is 0 Å². The van der Waals surface area contributed by atoms with Crippen molar-refractivity contribution in [3.63, 3.8) is 0 Å². The summed E-state index contributed by atoms with van der Waals surface area (Å²) in [6, 6.07) is 0. The minimum Gasteiger partial charge on any atom is -0.481 e. The number of aliphatic carboxylic acids is 7. The Bertz CT molecular complexity index is 670. The second-order valence-corrected chi connectivity index (χ2v) is 6.38. The third kappa shape index (κ3) is 54.9. The number of rotatable bonds is 10. The first-order chi connectivity index (χ1) is 18.2. The fraction of sp³-hybridized carbons (Fsp3) is 0.708. The number of carbonyl (C=O) groups is 7. The van der Waals surface area contributed by atoms with Crippen molar-refractivity contribution in [1.82, 2.24) is 0 Å². The molecule has 0 rings (SSSR count). The Kier molecular flexibility index (Phi) is 49.1. The molecule has 40 heavy (non-hydrogen) atoms. The summed E-state index contributed by atoms with van der Waals surface area (Å²) < 4.78 is 9.00. The van der Waals surface area contributed by atoms with Crippen molar-refractivity contribution in [3.8, 4) is 0 Å². The highest BCUT2D eigenvalue weighted by Gasteiger charge is 2.37. The van der Waals surface area contributed by atoms with Crippen molar-refractivity contribution in [1.29, 1.82) is 0 Å². The van der Waals surface area contributed by atoms with E-state index < -0.39 is 60.1 Å². The molecule has 0 amide bonds. The first-order valence-corrected chi connectivity index (χ1v) is 12.0. The monoisotopic (exact) mass is 592 g/mol. The highest BCUT2D eigenvalue weighted by molar-refractivity contribution is 5.84. The maximum atomic E-state index is 10.7. The highest BCUT2D eigenvalue weighted by Crippen LogP contribution is 2.08. The molecule has 0 saturated heterocycles. The molecule has 3 atom stereocenters. The molecule has 0 aliphatic carbocycles. The Balaban J connectivity index is -0.0000000750. The van der Waals surface area contributed by atoms with E-state index in [2.05, 4.69) is 9.47 Å². The lowest BCUT2D eigenvalue weighted by molar-refractivity contribution is -0.183. The quantitative estimate of drug-likeness (QED) is 0.192. The second kappa shape index (κ2) is 37.4. The first-order valence-electron chi connectivity index (χ1n) is 12.0. The predicted octanol–water partition coefficient (Wildman–Crippen LogP) is 2.86. The summed E-state index contributed by atoms with van der Waals surface area (Å²) in [5, 5.41) is 56.7. The smallest absolute Gasteiger partial charge is 0.336 e. The molecular weight excluding hydrogens is 544 g/mol. The minimum atomic E-state index is -1.88. The van der Waals surface area contributed by atoms with E-state index in [1.54, 1.807) is 27.7 Å². The molecule has 0 bridgehead atoms. The van der Waals surface area contributed by atoms with Crippen LogP contribution in [0.1, 0.15) is 82.1 Å². The van der Waals surface area contributed by atoms with Gasteiger partial charge >= 0.3 is 35.8 Å². The lowest BCUT2D eigenvalue weighted by atomic mass is 10.2. The van der Waals surface area contributed by atoms with Crippen molar-refractivity contribution < 1.29 is 78.8 Å². The minimum absolute atomic E-state index is 0.222. The third-order valence-corrected chi connectivity index (χ3v) is 2.81. The Labute approximate surface area is 234 Å². The number of methoxy groups -OCH3 is 1. The summed E-state index contributed by atoms with van der Waals surface area (Å²) in [5.74, 6) is -7.85. The van der Waals surface area contributed by atoms with E-state index in [0.717, 1.165) is 21.0 Å². The van der Waals surface area contributed by atoms with Gasteiger partial charge in [0.2, 0.25) is 0 Å². The summed E-state index contributed by atoms with van der Waals surface area (Å²) in [4.78, 5) is 69.2. The summed E-state index contributed by atoms with van der Waals surface area (Å²) in [7, 11) is 0.990. The number of carboxylic acids is 7. The fourth-order valence-corrected chi connectivity index (χ4v) is 0.891. The van der Waals surface area contributed by atoms with Gasteiger partial charge in [0.15, 0.2) is 18.3 Å². The standard InChI is InChI=1S/C8H12O8.C4H8O2.2C3H6O2.C2H4O2.2C2H6/c1-3(6(9)10)16-5(8(13)14)4(15-2)7(11)12;1-3(2)4(5)6;2*1-2-3(4)5;1-2(3)4;2*1-2/h3-5H,1-2H3,(H,9,10)(H,11,12)(H,13,14);3H,1-2H3,(H,5,6);2*2H2,1H3,(H,4,5);1H3,(H,3,4);2*1-2H3. The molecule has 0 fully saturated rings. The molecule has 0 aromatic carbocycles. The summed E-state index contributed by atoms with van der Waals surface area (Å²) in [5.41, 5.74) is 0. The lowest BCUT2D eigenvalue weighted by Gasteiger charge is -2.21. The Morgan fingerprint density at radius 3 is 0.900 bits per heavy atom. The van der Waals surface area contributed by atoms with Gasteiger partial charge in [0.25, 0.3) is 5.97 Å². The van der Waals surface area contributed by atoms with Gasteiger partial charge in [-0.05, 0) is 6.92 Å². The van der Waals surface area contributed by atoms with Crippen LogP contribution < -0.4 is 0 Å². The molecule has 0 saturated carbocycles. The van der Waals surface area contributed by atoms with Crippen LogP contribution >= 0.6 is 0 Å². The van der Waals surface area contributed by atoms with Gasteiger partial charge < -0.3 is 45.2 Å². The summed E-state index contributed by atoms with van der Waals surface area (Å²) >= 11 is 0. The van der Waals surface area contributed by atoms with E-state index in [1.165, 1.54) is 0 Å². The number of hydrogen-bond acceptors (Lipinski definition) is 9. The number of ether oxygens (including phenoxy) is 2. The zero-order valence-corrected chi connectivity index (χ0v) is 25.0. The number of hydrogen-bond donors (Lipinski definition) is 7. The summed E-state index contributed by atoms with van der Waals surface area (Å²) in [6.07, 6.45) is -4.65. The molecule has 0 spiro atoms. The average molecular weight is 593 g/mol. The Morgan fingerprint density at radius 1 is 0.575 bits per heavy atom. The molecule has 0 aromatic heterocycles. The van der Waals surface area contributed by atoms with Crippen LogP contribution in [0.3, 0.4) is 0 Å². The van der Waals surface area contributed by atoms with Crippen molar-refractivity contribution in [2.24, 2.45) is 5.92 Å². The van der Waals surface area contributed by atoms with Crippen LogP contribution in [0, 0.1) is 5.92 Å². The number of carboxylic acid groups (broad SMARTS) is 7. The molecule has 0 aromatic rings. The van der Waals surface area contributed by atoms with E-state index in [1.807, 2.05) is 27.7 Å². The Hall–Kier alpha value is -3.79. The van der Waals surface area contributed by atoms with Gasteiger partial charge in [-0.1, -0.05) is 55.4 Å². The van der Waals surface area contributed by atoms with Crippen LogP contribution in [0.25, 0.3) is 0 Å². The van der Waals surface area contributed by atoms with Crippen LogP contribution in [0.2, 0.25) is 0 Å². The molecule has 3 unspecified atom stereocenters. The lowest BCUT2D eigenvalue weighted by Crippen LogP contribution is -2.45. The summed E-state index contributed by atoms with van der Waals surface area (Å²) in [6.45, 7) is 16.7. The highest BCUT2D eigenvalue weighted by atomic mass is 16.6. The molecule has 0 radical (unpaired) electrons. The molecular formula is C24H48O16. The first kappa shape index (κ1) is 52.6. The van der Waals surface area contributed by atoms with Gasteiger partial charge in [-0.3, -0.25) is 19.2 Å². The molecule has 0 aliphatic heterocycles. The van der Waals surface area contributed by atoms with E-state index in [9.17, 15) is 28.8 Å².